The molecule has 5 rings (SSSR count). The van der Waals surface area contributed by atoms with Crippen LogP contribution in [0.3, 0.4) is 0 Å². The smallest absolute Gasteiger partial charge is 0.277 e. The maximum Gasteiger partial charge on any atom is 0.277 e. The van der Waals surface area contributed by atoms with Gasteiger partial charge >= 0.3 is 0 Å². The van der Waals surface area contributed by atoms with Crippen molar-refractivity contribution in [3.63, 3.8) is 0 Å². The lowest BCUT2D eigenvalue weighted by Gasteiger charge is -2.04. The number of imidazole rings is 1. The number of aromatic nitrogens is 3. The Hall–Kier alpha value is -4.13. The van der Waals surface area contributed by atoms with E-state index in [0.717, 1.165) is 22.5 Å². The Labute approximate surface area is 165 Å². The number of amides is 1. The number of anilines is 1. The van der Waals surface area contributed by atoms with E-state index in [1.54, 1.807) is 18.2 Å². The molecule has 0 radical (unpaired) electrons. The van der Waals surface area contributed by atoms with Crippen molar-refractivity contribution in [1.29, 1.82) is 0 Å². The molecule has 4 heterocycles. The third kappa shape index (κ3) is 3.29. The van der Waals surface area contributed by atoms with Crippen LogP contribution < -0.4 is 5.32 Å². The topological polar surface area (TPSA) is 85.6 Å². The summed E-state index contributed by atoms with van der Waals surface area (Å²) in [6, 6.07) is 16.6. The molecule has 0 unspecified atom stereocenters. The van der Waals surface area contributed by atoms with Gasteiger partial charge in [0.1, 0.15) is 5.65 Å². The van der Waals surface area contributed by atoms with Crippen molar-refractivity contribution >= 4 is 17.2 Å². The first-order valence-corrected chi connectivity index (χ1v) is 9.03. The van der Waals surface area contributed by atoms with Crippen LogP contribution in [-0.4, -0.2) is 20.4 Å². The second-order valence-corrected chi connectivity index (χ2v) is 6.68. The fraction of sp³-hybridized carbons (Fsp3) is 0.0455. The van der Waals surface area contributed by atoms with E-state index in [0.29, 0.717) is 17.2 Å². The summed E-state index contributed by atoms with van der Waals surface area (Å²) in [6.45, 7) is 2.03. The minimum absolute atomic E-state index is 0.171. The molecule has 4 aromatic heterocycles. The average Bonchev–Trinajstić information content (AvgIpc) is 3.47. The number of pyridine rings is 1. The largest absolute Gasteiger partial charge is 0.461 e. The number of hydrogen-bond acceptors (Lipinski definition) is 5. The first-order valence-electron chi connectivity index (χ1n) is 9.03. The molecule has 0 spiro atoms. The van der Waals surface area contributed by atoms with Crippen LogP contribution in [0.25, 0.3) is 28.4 Å². The fourth-order valence-corrected chi connectivity index (χ4v) is 3.09. The zero-order chi connectivity index (χ0) is 19.8. The molecule has 5 aromatic rings. The van der Waals surface area contributed by atoms with Gasteiger partial charge in [-0.25, -0.2) is 4.98 Å². The van der Waals surface area contributed by atoms with Crippen molar-refractivity contribution in [2.75, 3.05) is 5.32 Å². The first-order chi connectivity index (χ1) is 14.2. The van der Waals surface area contributed by atoms with Crippen LogP contribution in [0.2, 0.25) is 0 Å². The molecule has 1 amide bonds. The Kier molecular flexibility index (Phi) is 3.98. The van der Waals surface area contributed by atoms with Gasteiger partial charge < -0.3 is 18.7 Å². The Morgan fingerprint density at radius 1 is 1.07 bits per heavy atom. The van der Waals surface area contributed by atoms with E-state index in [2.05, 4.69) is 15.5 Å². The maximum atomic E-state index is 12.5. The van der Waals surface area contributed by atoms with Gasteiger partial charge in [-0.3, -0.25) is 4.79 Å². The molecule has 29 heavy (non-hydrogen) atoms. The van der Waals surface area contributed by atoms with Crippen molar-refractivity contribution in [2.45, 2.75) is 6.92 Å². The SMILES string of the molecule is Cc1ccn2cc(-c3cccc(NC(=O)c4cc(-c5ccco5)on4)c3)nc2c1. The van der Waals surface area contributed by atoms with Gasteiger partial charge in [-0.05, 0) is 48.9 Å². The van der Waals surface area contributed by atoms with Crippen molar-refractivity contribution in [3.8, 4) is 22.8 Å². The third-order valence-electron chi connectivity index (χ3n) is 4.54. The van der Waals surface area contributed by atoms with Crippen molar-refractivity contribution < 1.29 is 13.7 Å². The molecular formula is C22H16N4O3. The van der Waals surface area contributed by atoms with Crippen LogP contribution in [0.4, 0.5) is 5.69 Å². The highest BCUT2D eigenvalue weighted by Gasteiger charge is 2.16. The van der Waals surface area contributed by atoms with Crippen molar-refractivity contribution in [1.82, 2.24) is 14.5 Å². The molecule has 0 aliphatic carbocycles. The standard InChI is InChI=1S/C22H16N4O3/c1-14-7-8-26-13-18(24-21(26)10-14)15-4-2-5-16(11-15)23-22(27)17-12-20(29-25-17)19-6-3-9-28-19/h2-13H,1H3,(H,23,27). The molecule has 0 saturated carbocycles. The van der Waals surface area contributed by atoms with E-state index in [1.165, 1.54) is 6.26 Å². The molecule has 0 atom stereocenters. The molecule has 7 nitrogen and oxygen atoms in total. The number of furan rings is 1. The van der Waals surface area contributed by atoms with Crippen LogP contribution in [0, 0.1) is 6.92 Å². The summed E-state index contributed by atoms with van der Waals surface area (Å²) in [7, 11) is 0. The summed E-state index contributed by atoms with van der Waals surface area (Å²) in [4.78, 5) is 17.2. The van der Waals surface area contributed by atoms with E-state index in [-0.39, 0.29) is 11.6 Å². The molecule has 7 heteroatoms. The molecule has 0 aliphatic heterocycles. The highest BCUT2D eigenvalue weighted by atomic mass is 16.5. The highest BCUT2D eigenvalue weighted by Crippen LogP contribution is 2.24. The minimum atomic E-state index is -0.366. The molecule has 142 valence electrons. The zero-order valence-electron chi connectivity index (χ0n) is 15.5. The quantitative estimate of drug-likeness (QED) is 0.481. The number of carbonyl (C=O) groups is 1. The number of aryl methyl sites for hydroxylation is 1. The summed E-state index contributed by atoms with van der Waals surface area (Å²) in [6.07, 6.45) is 5.47. The minimum Gasteiger partial charge on any atom is -0.461 e. The molecule has 0 fully saturated rings. The Morgan fingerprint density at radius 2 is 2.00 bits per heavy atom. The van der Waals surface area contributed by atoms with Gasteiger partial charge in [-0.1, -0.05) is 17.3 Å². The van der Waals surface area contributed by atoms with Crippen molar-refractivity contribution in [2.24, 2.45) is 0 Å². The number of fused-ring (bicyclic) bond motifs is 1. The van der Waals surface area contributed by atoms with E-state index in [4.69, 9.17) is 8.94 Å². The third-order valence-corrected chi connectivity index (χ3v) is 4.54. The number of hydrogen-bond donors (Lipinski definition) is 1. The van der Waals surface area contributed by atoms with Gasteiger partial charge in [0.05, 0.1) is 12.0 Å². The lowest BCUT2D eigenvalue weighted by Crippen LogP contribution is -2.12. The van der Waals surface area contributed by atoms with Crippen LogP contribution in [0.5, 0.6) is 0 Å². The number of rotatable bonds is 4. The van der Waals surface area contributed by atoms with Crippen molar-refractivity contribution in [3.05, 3.63) is 84.5 Å². The van der Waals surface area contributed by atoms with E-state index in [9.17, 15) is 4.79 Å². The molecule has 1 aromatic carbocycles. The first kappa shape index (κ1) is 17.0. The summed E-state index contributed by atoms with van der Waals surface area (Å²) in [5, 5.41) is 6.67. The second-order valence-electron chi connectivity index (χ2n) is 6.68. The van der Waals surface area contributed by atoms with E-state index >= 15 is 0 Å². The van der Waals surface area contributed by atoms with Gasteiger partial charge in [0.2, 0.25) is 5.76 Å². The molecule has 0 bridgehead atoms. The van der Waals surface area contributed by atoms with Gasteiger partial charge in [0, 0.05) is 29.7 Å². The van der Waals surface area contributed by atoms with Gasteiger partial charge in [-0.2, -0.15) is 0 Å². The normalized spacial score (nSPS) is 11.1. The molecule has 0 aliphatic rings. The Balaban J connectivity index is 1.38. The maximum absolute atomic E-state index is 12.5. The van der Waals surface area contributed by atoms with Gasteiger partial charge in [-0.15, -0.1) is 0 Å². The second kappa shape index (κ2) is 6.79. The summed E-state index contributed by atoms with van der Waals surface area (Å²) >= 11 is 0. The highest BCUT2D eigenvalue weighted by molar-refractivity contribution is 6.03. The van der Waals surface area contributed by atoms with Gasteiger partial charge in [0.25, 0.3) is 5.91 Å². The summed E-state index contributed by atoms with van der Waals surface area (Å²) in [5.41, 5.74) is 4.57. The average molecular weight is 384 g/mol. The van der Waals surface area contributed by atoms with E-state index in [1.807, 2.05) is 60.1 Å². The predicted octanol–water partition coefficient (Wildman–Crippen LogP) is 4.81. The number of nitrogens with one attached hydrogen (secondary N) is 1. The molecule has 0 saturated heterocycles. The monoisotopic (exact) mass is 384 g/mol. The van der Waals surface area contributed by atoms with Crippen LogP contribution in [0.1, 0.15) is 16.1 Å². The lowest BCUT2D eigenvalue weighted by atomic mass is 10.1. The summed E-state index contributed by atoms with van der Waals surface area (Å²) < 4.78 is 12.4. The molecular weight excluding hydrogens is 368 g/mol. The number of benzene rings is 1. The zero-order valence-corrected chi connectivity index (χ0v) is 15.5. The van der Waals surface area contributed by atoms with E-state index < -0.39 is 0 Å². The lowest BCUT2D eigenvalue weighted by molar-refractivity contribution is 0.101. The summed E-state index contributed by atoms with van der Waals surface area (Å²) in [5.74, 6) is 0.545. The number of carbonyl (C=O) groups excluding carboxylic acids is 1. The van der Waals surface area contributed by atoms with Crippen LogP contribution in [-0.2, 0) is 0 Å². The Bertz CT molecular complexity index is 1320. The van der Waals surface area contributed by atoms with Gasteiger partial charge in [0.15, 0.2) is 11.5 Å². The van der Waals surface area contributed by atoms with Crippen LogP contribution >= 0.6 is 0 Å². The van der Waals surface area contributed by atoms with Crippen LogP contribution in [0.15, 0.2) is 82.2 Å². The Morgan fingerprint density at radius 3 is 2.86 bits per heavy atom. The predicted molar refractivity (Wildman–Crippen MR) is 108 cm³/mol. The molecule has 1 N–H and O–H groups in total. The fourth-order valence-electron chi connectivity index (χ4n) is 3.09. The number of nitrogens with zero attached hydrogens (tertiary/aromatic N) is 3.